The van der Waals surface area contributed by atoms with Gasteiger partial charge >= 0.3 is 0 Å². The van der Waals surface area contributed by atoms with Crippen molar-refractivity contribution in [1.29, 1.82) is 0 Å². The standard InChI is InChI=1S/C18H19NO2.ClH/c1-19(11-5-8-15-6-3-2-4-7-15)13-16-9-10-17-18(12-16)21-14-20-17;/h2-10,12H,11,13-14H2,1H3;1H/b8-5+;. The number of nitrogens with zero attached hydrogens (tertiary/aromatic N) is 1. The molecule has 1 heterocycles. The fourth-order valence-corrected chi connectivity index (χ4v) is 2.35. The largest absolute Gasteiger partial charge is 0.454 e. The smallest absolute Gasteiger partial charge is 0.231 e. The Hall–Kier alpha value is -1.97. The van der Waals surface area contributed by atoms with Gasteiger partial charge in [-0.3, -0.25) is 4.90 Å². The monoisotopic (exact) mass is 317 g/mol. The van der Waals surface area contributed by atoms with Crippen LogP contribution in [0.1, 0.15) is 11.1 Å². The fraction of sp³-hybridized carbons (Fsp3) is 0.222. The van der Waals surface area contributed by atoms with Crippen molar-refractivity contribution in [2.75, 3.05) is 20.4 Å². The number of halogens is 1. The maximum Gasteiger partial charge on any atom is 0.231 e. The molecule has 0 saturated carbocycles. The lowest BCUT2D eigenvalue weighted by molar-refractivity contribution is 0.174. The zero-order valence-corrected chi connectivity index (χ0v) is 13.4. The van der Waals surface area contributed by atoms with Crippen molar-refractivity contribution in [3.05, 3.63) is 65.7 Å². The van der Waals surface area contributed by atoms with E-state index in [2.05, 4.69) is 60.5 Å². The third kappa shape index (κ3) is 4.26. The molecule has 116 valence electrons. The minimum atomic E-state index is 0. The SMILES string of the molecule is CN(C/C=C/c1ccccc1)Cc1ccc2c(c1)OCO2.Cl. The Morgan fingerprint density at radius 3 is 2.64 bits per heavy atom. The van der Waals surface area contributed by atoms with Crippen molar-refractivity contribution in [3.8, 4) is 11.5 Å². The van der Waals surface area contributed by atoms with Gasteiger partial charge in [-0.25, -0.2) is 0 Å². The van der Waals surface area contributed by atoms with Gasteiger partial charge in [0, 0.05) is 13.1 Å². The summed E-state index contributed by atoms with van der Waals surface area (Å²) in [5, 5.41) is 0. The molecule has 3 nitrogen and oxygen atoms in total. The van der Waals surface area contributed by atoms with Crippen LogP contribution in [0.5, 0.6) is 11.5 Å². The molecule has 2 aromatic rings. The van der Waals surface area contributed by atoms with E-state index in [1.165, 1.54) is 11.1 Å². The molecule has 0 fully saturated rings. The lowest BCUT2D eigenvalue weighted by atomic mass is 10.2. The minimum absolute atomic E-state index is 0. The number of likely N-dealkylation sites (N-methyl/N-ethyl adjacent to an activating group) is 1. The van der Waals surface area contributed by atoms with Crippen molar-refractivity contribution < 1.29 is 9.47 Å². The van der Waals surface area contributed by atoms with Crippen LogP contribution in [-0.4, -0.2) is 25.3 Å². The molecule has 3 rings (SSSR count). The number of hydrogen-bond donors (Lipinski definition) is 0. The second-order valence-corrected chi connectivity index (χ2v) is 5.20. The summed E-state index contributed by atoms with van der Waals surface area (Å²) in [6, 6.07) is 16.5. The molecule has 1 aliphatic rings. The number of benzene rings is 2. The first-order chi connectivity index (χ1) is 10.3. The van der Waals surface area contributed by atoms with Gasteiger partial charge in [0.2, 0.25) is 6.79 Å². The van der Waals surface area contributed by atoms with E-state index in [9.17, 15) is 0 Å². The van der Waals surface area contributed by atoms with Crippen LogP contribution >= 0.6 is 12.4 Å². The lowest BCUT2D eigenvalue weighted by Gasteiger charge is -2.14. The van der Waals surface area contributed by atoms with Gasteiger partial charge in [-0.05, 0) is 30.3 Å². The van der Waals surface area contributed by atoms with Crippen LogP contribution in [-0.2, 0) is 6.54 Å². The lowest BCUT2D eigenvalue weighted by Crippen LogP contribution is -2.17. The summed E-state index contributed by atoms with van der Waals surface area (Å²) in [4.78, 5) is 2.26. The Morgan fingerprint density at radius 2 is 1.82 bits per heavy atom. The van der Waals surface area contributed by atoms with Crippen LogP contribution in [0.2, 0.25) is 0 Å². The summed E-state index contributed by atoms with van der Waals surface area (Å²) in [7, 11) is 2.11. The van der Waals surface area contributed by atoms with Crippen LogP contribution in [0.4, 0.5) is 0 Å². The highest BCUT2D eigenvalue weighted by Crippen LogP contribution is 2.32. The quantitative estimate of drug-likeness (QED) is 0.832. The van der Waals surface area contributed by atoms with Gasteiger partial charge in [0.25, 0.3) is 0 Å². The molecule has 22 heavy (non-hydrogen) atoms. The highest BCUT2D eigenvalue weighted by Gasteiger charge is 2.13. The maximum atomic E-state index is 5.40. The van der Waals surface area contributed by atoms with E-state index in [0.29, 0.717) is 6.79 Å². The highest BCUT2D eigenvalue weighted by atomic mass is 35.5. The van der Waals surface area contributed by atoms with E-state index < -0.39 is 0 Å². The molecule has 0 aliphatic carbocycles. The second kappa shape index (κ2) is 7.87. The van der Waals surface area contributed by atoms with Crippen molar-refractivity contribution in [3.63, 3.8) is 0 Å². The third-order valence-electron chi connectivity index (χ3n) is 3.42. The summed E-state index contributed by atoms with van der Waals surface area (Å²) in [5.74, 6) is 1.69. The summed E-state index contributed by atoms with van der Waals surface area (Å²) in [6.07, 6.45) is 4.33. The van der Waals surface area contributed by atoms with Gasteiger partial charge in [0.05, 0.1) is 0 Å². The zero-order chi connectivity index (χ0) is 14.5. The fourth-order valence-electron chi connectivity index (χ4n) is 2.35. The zero-order valence-electron chi connectivity index (χ0n) is 12.6. The topological polar surface area (TPSA) is 21.7 Å². The normalized spacial score (nSPS) is 12.6. The van der Waals surface area contributed by atoms with Gasteiger partial charge < -0.3 is 9.47 Å². The van der Waals surface area contributed by atoms with E-state index in [4.69, 9.17) is 9.47 Å². The first kappa shape index (κ1) is 16.4. The first-order valence-corrected chi connectivity index (χ1v) is 7.10. The molecule has 0 spiro atoms. The molecule has 0 aromatic heterocycles. The number of rotatable bonds is 5. The molecule has 1 aliphatic heterocycles. The van der Waals surface area contributed by atoms with E-state index in [1.54, 1.807) is 0 Å². The molecule has 2 aromatic carbocycles. The molecule has 4 heteroatoms. The third-order valence-corrected chi connectivity index (χ3v) is 3.42. The van der Waals surface area contributed by atoms with Crippen molar-refractivity contribution in [1.82, 2.24) is 4.90 Å². The summed E-state index contributed by atoms with van der Waals surface area (Å²) in [6.45, 7) is 2.12. The van der Waals surface area contributed by atoms with Gasteiger partial charge in [0.1, 0.15) is 0 Å². The predicted molar refractivity (Wildman–Crippen MR) is 91.6 cm³/mol. The molecule has 0 amide bonds. The Labute approximate surface area is 137 Å². The minimum Gasteiger partial charge on any atom is -0.454 e. The molecule has 0 bridgehead atoms. The highest BCUT2D eigenvalue weighted by molar-refractivity contribution is 5.85. The summed E-state index contributed by atoms with van der Waals surface area (Å²) >= 11 is 0. The maximum absolute atomic E-state index is 5.40. The molecule has 0 unspecified atom stereocenters. The van der Waals surface area contributed by atoms with Crippen LogP contribution < -0.4 is 9.47 Å². The Balaban J connectivity index is 0.00000176. The molecular weight excluding hydrogens is 298 g/mol. The Kier molecular flexibility index (Phi) is 5.87. The summed E-state index contributed by atoms with van der Waals surface area (Å²) in [5.41, 5.74) is 2.46. The molecule has 0 N–H and O–H groups in total. The number of fused-ring (bicyclic) bond motifs is 1. The van der Waals surface area contributed by atoms with E-state index in [0.717, 1.165) is 24.6 Å². The first-order valence-electron chi connectivity index (χ1n) is 7.10. The van der Waals surface area contributed by atoms with Crippen molar-refractivity contribution in [2.45, 2.75) is 6.54 Å². The Bertz CT molecular complexity index is 628. The van der Waals surface area contributed by atoms with E-state index in [1.807, 2.05) is 12.1 Å². The average molecular weight is 318 g/mol. The van der Waals surface area contributed by atoms with Crippen molar-refractivity contribution >= 4 is 18.5 Å². The van der Waals surface area contributed by atoms with Gasteiger partial charge in [0.15, 0.2) is 11.5 Å². The second-order valence-electron chi connectivity index (χ2n) is 5.20. The van der Waals surface area contributed by atoms with Gasteiger partial charge in [-0.1, -0.05) is 48.6 Å². The Morgan fingerprint density at radius 1 is 1.05 bits per heavy atom. The van der Waals surface area contributed by atoms with Crippen LogP contribution in [0, 0.1) is 0 Å². The molecule has 0 radical (unpaired) electrons. The van der Waals surface area contributed by atoms with E-state index in [-0.39, 0.29) is 12.4 Å². The van der Waals surface area contributed by atoms with Crippen LogP contribution in [0.15, 0.2) is 54.6 Å². The average Bonchev–Trinajstić information content (AvgIpc) is 2.96. The van der Waals surface area contributed by atoms with E-state index >= 15 is 0 Å². The van der Waals surface area contributed by atoms with Crippen molar-refractivity contribution in [2.24, 2.45) is 0 Å². The van der Waals surface area contributed by atoms with Gasteiger partial charge in [-0.15, -0.1) is 12.4 Å². The summed E-state index contributed by atoms with van der Waals surface area (Å²) < 4.78 is 10.7. The molecule has 0 saturated heterocycles. The number of ether oxygens (including phenoxy) is 2. The number of hydrogen-bond acceptors (Lipinski definition) is 3. The van der Waals surface area contributed by atoms with Gasteiger partial charge in [-0.2, -0.15) is 0 Å². The van der Waals surface area contributed by atoms with Crippen LogP contribution in [0.3, 0.4) is 0 Å². The molecular formula is C18H20ClNO2. The van der Waals surface area contributed by atoms with Crippen LogP contribution in [0.25, 0.3) is 6.08 Å². The molecule has 0 atom stereocenters. The predicted octanol–water partition coefficient (Wildman–Crippen LogP) is 3.98.